The van der Waals surface area contributed by atoms with E-state index in [1.54, 1.807) is 0 Å². The molecule has 5 heteroatoms. The molecule has 0 saturated carbocycles. The van der Waals surface area contributed by atoms with Gasteiger partial charge >= 0.3 is 0 Å². The molecule has 0 aromatic rings. The van der Waals surface area contributed by atoms with Crippen LogP contribution in [-0.4, -0.2) is 74.6 Å². The Labute approximate surface area is 126 Å². The van der Waals surface area contributed by atoms with Crippen LogP contribution in [-0.2, 0) is 9.47 Å². The van der Waals surface area contributed by atoms with Gasteiger partial charge in [-0.05, 0) is 32.9 Å². The second kappa shape index (κ2) is 6.53. The zero-order chi connectivity index (χ0) is 14.0. The Bertz CT molecular complexity index is 323. The van der Waals surface area contributed by atoms with Crippen LogP contribution in [0, 0.1) is 5.92 Å². The van der Waals surface area contributed by atoms with Crippen molar-refractivity contribution in [2.45, 2.75) is 36.9 Å². The molecule has 20 heavy (non-hydrogen) atoms. The van der Waals surface area contributed by atoms with Crippen molar-refractivity contribution in [3.05, 3.63) is 0 Å². The molecule has 0 aromatic carbocycles. The summed E-state index contributed by atoms with van der Waals surface area (Å²) in [6.45, 7) is 3.78. The molecular weight excluding hydrogens is 272 g/mol. The lowest BCUT2D eigenvalue weighted by atomic mass is 9.79. The van der Waals surface area contributed by atoms with Crippen LogP contribution in [0.1, 0.15) is 19.3 Å². The van der Waals surface area contributed by atoms with Crippen molar-refractivity contribution in [3.8, 4) is 0 Å². The molecule has 1 spiro atoms. The van der Waals surface area contributed by atoms with Crippen molar-refractivity contribution < 1.29 is 9.47 Å². The Morgan fingerprint density at radius 1 is 1.40 bits per heavy atom. The standard InChI is InChI=1S/C15H28N2O2S/c1-16-14(13-10-20-8-5-17(13)2)12-3-6-19-15(9-12)4-7-18-11-15/h12-14,16H,3-11H2,1-2H3. The van der Waals surface area contributed by atoms with Gasteiger partial charge in [0.25, 0.3) is 0 Å². The highest BCUT2D eigenvalue weighted by molar-refractivity contribution is 7.99. The minimum atomic E-state index is 0.0262. The van der Waals surface area contributed by atoms with E-state index in [2.05, 4.69) is 36.1 Å². The van der Waals surface area contributed by atoms with Crippen LogP contribution in [0.25, 0.3) is 0 Å². The van der Waals surface area contributed by atoms with E-state index in [0.717, 1.165) is 32.7 Å². The number of likely N-dealkylation sites (N-methyl/N-ethyl adjacent to an activating group) is 2. The summed E-state index contributed by atoms with van der Waals surface area (Å²) >= 11 is 2.10. The number of ether oxygens (including phenoxy) is 2. The Morgan fingerprint density at radius 2 is 2.30 bits per heavy atom. The molecule has 3 fully saturated rings. The van der Waals surface area contributed by atoms with Gasteiger partial charge in [0.2, 0.25) is 0 Å². The van der Waals surface area contributed by atoms with Crippen molar-refractivity contribution in [1.29, 1.82) is 0 Å². The number of rotatable bonds is 3. The van der Waals surface area contributed by atoms with Crippen molar-refractivity contribution in [1.82, 2.24) is 10.2 Å². The lowest BCUT2D eigenvalue weighted by Crippen LogP contribution is -2.57. The highest BCUT2D eigenvalue weighted by atomic mass is 32.2. The zero-order valence-corrected chi connectivity index (χ0v) is 13.6. The first-order chi connectivity index (χ1) is 9.74. The fourth-order valence-corrected chi connectivity index (χ4v) is 5.35. The van der Waals surface area contributed by atoms with E-state index in [1.165, 1.54) is 24.5 Å². The molecule has 116 valence electrons. The quantitative estimate of drug-likeness (QED) is 0.847. The minimum Gasteiger partial charge on any atom is -0.378 e. The van der Waals surface area contributed by atoms with Crippen LogP contribution in [0.3, 0.4) is 0 Å². The zero-order valence-electron chi connectivity index (χ0n) is 12.8. The Kier molecular flexibility index (Phi) is 4.93. The van der Waals surface area contributed by atoms with Gasteiger partial charge < -0.3 is 19.7 Å². The molecule has 4 nitrogen and oxygen atoms in total. The molecule has 0 bridgehead atoms. The van der Waals surface area contributed by atoms with Crippen LogP contribution in [0.5, 0.6) is 0 Å². The van der Waals surface area contributed by atoms with E-state index < -0.39 is 0 Å². The van der Waals surface area contributed by atoms with Gasteiger partial charge in [-0.1, -0.05) is 0 Å². The molecule has 3 aliphatic heterocycles. The monoisotopic (exact) mass is 300 g/mol. The molecule has 0 radical (unpaired) electrons. The normalized spacial score (nSPS) is 41.1. The summed E-state index contributed by atoms with van der Waals surface area (Å²) in [7, 11) is 4.41. The topological polar surface area (TPSA) is 33.7 Å². The Morgan fingerprint density at radius 3 is 3.00 bits per heavy atom. The van der Waals surface area contributed by atoms with Gasteiger partial charge in [0.15, 0.2) is 0 Å². The first kappa shape index (κ1) is 15.1. The second-order valence-corrected chi connectivity index (χ2v) is 7.67. The molecular formula is C15H28N2O2S. The van der Waals surface area contributed by atoms with Crippen LogP contribution in [0.2, 0.25) is 0 Å². The van der Waals surface area contributed by atoms with Crippen LogP contribution < -0.4 is 5.32 Å². The fourth-order valence-electron chi connectivity index (χ4n) is 4.06. The van der Waals surface area contributed by atoms with E-state index in [1.807, 2.05) is 0 Å². The van der Waals surface area contributed by atoms with Gasteiger partial charge in [-0.2, -0.15) is 11.8 Å². The lowest BCUT2D eigenvalue weighted by molar-refractivity contribution is -0.105. The molecule has 3 rings (SSSR count). The molecule has 0 amide bonds. The van der Waals surface area contributed by atoms with Crippen molar-refractivity contribution >= 4 is 11.8 Å². The van der Waals surface area contributed by atoms with Gasteiger partial charge in [-0.25, -0.2) is 0 Å². The third kappa shape index (κ3) is 3.02. The minimum absolute atomic E-state index is 0.0262. The lowest BCUT2D eigenvalue weighted by Gasteiger charge is -2.45. The van der Waals surface area contributed by atoms with Gasteiger partial charge in [0.05, 0.1) is 12.2 Å². The summed E-state index contributed by atoms with van der Waals surface area (Å²) < 4.78 is 11.7. The maximum atomic E-state index is 6.09. The molecule has 4 unspecified atom stereocenters. The van der Waals surface area contributed by atoms with Crippen molar-refractivity contribution in [2.24, 2.45) is 5.92 Å². The summed E-state index contributed by atoms with van der Waals surface area (Å²) in [5.74, 6) is 3.24. The summed E-state index contributed by atoms with van der Waals surface area (Å²) in [6, 6.07) is 1.23. The molecule has 3 saturated heterocycles. The maximum absolute atomic E-state index is 6.09. The predicted octanol–water partition coefficient (Wildman–Crippen LogP) is 1.21. The van der Waals surface area contributed by atoms with Crippen LogP contribution in [0.4, 0.5) is 0 Å². The number of nitrogens with zero attached hydrogens (tertiary/aromatic N) is 1. The van der Waals surface area contributed by atoms with Gasteiger partial charge in [-0.3, -0.25) is 0 Å². The SMILES string of the molecule is CNC(C1CCOC2(CCOC2)C1)C1CSCCN1C. The van der Waals surface area contributed by atoms with E-state index in [4.69, 9.17) is 9.47 Å². The van der Waals surface area contributed by atoms with Crippen LogP contribution in [0.15, 0.2) is 0 Å². The number of hydrogen-bond donors (Lipinski definition) is 1. The smallest absolute Gasteiger partial charge is 0.0939 e. The highest BCUT2D eigenvalue weighted by Crippen LogP contribution is 2.38. The largest absolute Gasteiger partial charge is 0.378 e. The van der Waals surface area contributed by atoms with E-state index in [-0.39, 0.29) is 5.60 Å². The molecule has 4 atom stereocenters. The van der Waals surface area contributed by atoms with Crippen molar-refractivity contribution in [2.75, 3.05) is 52.0 Å². The van der Waals surface area contributed by atoms with Crippen LogP contribution >= 0.6 is 11.8 Å². The number of hydrogen-bond acceptors (Lipinski definition) is 5. The first-order valence-corrected chi connectivity index (χ1v) is 9.06. The molecule has 3 aliphatic rings. The third-order valence-corrected chi connectivity index (χ3v) is 6.35. The summed E-state index contributed by atoms with van der Waals surface area (Å²) in [5, 5.41) is 3.63. The molecule has 3 heterocycles. The maximum Gasteiger partial charge on any atom is 0.0939 e. The average molecular weight is 300 g/mol. The summed E-state index contributed by atoms with van der Waals surface area (Å²) in [4.78, 5) is 2.55. The number of thioether (sulfide) groups is 1. The van der Waals surface area contributed by atoms with Gasteiger partial charge in [-0.15, -0.1) is 0 Å². The first-order valence-electron chi connectivity index (χ1n) is 7.91. The van der Waals surface area contributed by atoms with E-state index in [0.29, 0.717) is 18.0 Å². The average Bonchev–Trinajstić information content (AvgIpc) is 2.90. The summed E-state index contributed by atoms with van der Waals surface area (Å²) in [6.07, 6.45) is 3.42. The van der Waals surface area contributed by atoms with E-state index in [9.17, 15) is 0 Å². The number of nitrogens with one attached hydrogen (secondary N) is 1. The molecule has 0 aromatic heterocycles. The van der Waals surface area contributed by atoms with E-state index >= 15 is 0 Å². The highest BCUT2D eigenvalue weighted by Gasteiger charge is 2.44. The fraction of sp³-hybridized carbons (Fsp3) is 1.00. The molecule has 0 aliphatic carbocycles. The Hall–Kier alpha value is 0.190. The van der Waals surface area contributed by atoms with Crippen molar-refractivity contribution in [3.63, 3.8) is 0 Å². The third-order valence-electron chi connectivity index (χ3n) is 5.30. The van der Waals surface area contributed by atoms with Gasteiger partial charge in [0, 0.05) is 49.8 Å². The second-order valence-electron chi connectivity index (χ2n) is 6.52. The Balaban J connectivity index is 1.68. The van der Waals surface area contributed by atoms with Gasteiger partial charge in [0.1, 0.15) is 0 Å². The predicted molar refractivity (Wildman–Crippen MR) is 83.4 cm³/mol. The summed E-state index contributed by atoms with van der Waals surface area (Å²) in [5.41, 5.74) is 0.0262. The molecule has 1 N–H and O–H groups in total.